The molecule has 0 saturated heterocycles. The minimum atomic E-state index is -0.191. The van der Waals surface area contributed by atoms with Crippen LogP contribution < -0.4 is 0 Å². The van der Waals surface area contributed by atoms with Crippen LogP contribution in [0.15, 0.2) is 36.4 Å². The first-order valence-corrected chi connectivity index (χ1v) is 7.22. The maximum atomic E-state index is 11.3. The van der Waals surface area contributed by atoms with E-state index in [-0.39, 0.29) is 11.8 Å². The molecule has 4 heteroatoms. The van der Waals surface area contributed by atoms with Crippen LogP contribution in [0.25, 0.3) is 11.0 Å². The van der Waals surface area contributed by atoms with Crippen molar-refractivity contribution in [2.24, 2.45) is 0 Å². The van der Waals surface area contributed by atoms with Crippen LogP contribution in [-0.4, -0.2) is 29.0 Å². The molecule has 96 valence electrons. The molecule has 1 heterocycles. The fourth-order valence-electron chi connectivity index (χ4n) is 2.16. The summed E-state index contributed by atoms with van der Waals surface area (Å²) in [6.45, 7) is 0.507. The van der Waals surface area contributed by atoms with E-state index < -0.39 is 0 Å². The summed E-state index contributed by atoms with van der Waals surface area (Å²) in [5.41, 5.74) is 2.60. The minimum Gasteiger partial charge on any atom is -0.275 e. The van der Waals surface area contributed by atoms with Crippen molar-refractivity contribution in [3.8, 4) is 0 Å². The van der Waals surface area contributed by atoms with Gasteiger partial charge >= 0.3 is 0 Å². The zero-order chi connectivity index (χ0) is 13.2. The molecule has 0 aromatic heterocycles. The number of carbonyl (C=O) groups is 2. The van der Waals surface area contributed by atoms with E-state index in [2.05, 4.69) is 18.2 Å². The van der Waals surface area contributed by atoms with E-state index in [4.69, 9.17) is 0 Å². The summed E-state index contributed by atoms with van der Waals surface area (Å²) in [7, 11) is 0. The standard InChI is InChI=1S/C15H13NO2S/c17-14-6-7-15(18)16(14)8-3-9-19-13-10-11-4-1-2-5-12(11)13/h1-2,4-7,10H,3,8-9H2. The SMILES string of the molecule is O=C1C=CC(=O)N1CCCSC1=Cc2ccccc21. The van der Waals surface area contributed by atoms with Gasteiger partial charge in [0.05, 0.1) is 0 Å². The molecular formula is C15H13NO2S. The van der Waals surface area contributed by atoms with Gasteiger partial charge < -0.3 is 0 Å². The topological polar surface area (TPSA) is 37.4 Å². The lowest BCUT2D eigenvalue weighted by molar-refractivity contribution is -0.136. The van der Waals surface area contributed by atoms with E-state index in [1.54, 1.807) is 11.8 Å². The molecule has 0 saturated carbocycles. The molecular weight excluding hydrogens is 258 g/mol. The Hall–Kier alpha value is -1.81. The number of nitrogens with zero attached hydrogens (tertiary/aromatic N) is 1. The summed E-state index contributed by atoms with van der Waals surface area (Å²) >= 11 is 1.78. The van der Waals surface area contributed by atoms with Crippen LogP contribution in [0.1, 0.15) is 17.5 Å². The van der Waals surface area contributed by atoms with Gasteiger partial charge in [0.1, 0.15) is 0 Å². The maximum Gasteiger partial charge on any atom is 0.253 e. The van der Waals surface area contributed by atoms with Crippen molar-refractivity contribution in [3.63, 3.8) is 0 Å². The number of hydrogen-bond acceptors (Lipinski definition) is 3. The zero-order valence-corrected chi connectivity index (χ0v) is 11.2. The fraction of sp³-hybridized carbons (Fsp3) is 0.200. The summed E-state index contributed by atoms with van der Waals surface area (Å²) in [5, 5.41) is 0. The first kappa shape index (κ1) is 12.2. The van der Waals surface area contributed by atoms with Crippen LogP contribution in [0.3, 0.4) is 0 Å². The van der Waals surface area contributed by atoms with Gasteiger partial charge in [-0.15, -0.1) is 11.8 Å². The normalized spacial score (nSPS) is 16.4. The Morgan fingerprint density at radius 1 is 1.05 bits per heavy atom. The molecule has 0 bridgehead atoms. The molecule has 0 radical (unpaired) electrons. The maximum absolute atomic E-state index is 11.3. The third kappa shape index (κ3) is 2.36. The molecule has 3 nitrogen and oxygen atoms in total. The average molecular weight is 271 g/mol. The monoisotopic (exact) mass is 271 g/mol. The van der Waals surface area contributed by atoms with Gasteiger partial charge in [-0.1, -0.05) is 24.3 Å². The molecule has 1 aliphatic carbocycles. The van der Waals surface area contributed by atoms with Crippen LogP contribution in [-0.2, 0) is 9.59 Å². The molecule has 1 aromatic carbocycles. The Bertz CT molecular complexity index is 586. The second-order valence-electron chi connectivity index (χ2n) is 4.46. The van der Waals surface area contributed by atoms with Gasteiger partial charge in [0.25, 0.3) is 11.8 Å². The van der Waals surface area contributed by atoms with Crippen LogP contribution in [0.2, 0.25) is 0 Å². The number of carbonyl (C=O) groups excluding carboxylic acids is 2. The smallest absolute Gasteiger partial charge is 0.253 e. The Labute approximate surface area is 116 Å². The Morgan fingerprint density at radius 3 is 2.53 bits per heavy atom. The third-order valence-corrected chi connectivity index (χ3v) is 4.34. The van der Waals surface area contributed by atoms with Crippen LogP contribution in [0, 0.1) is 0 Å². The molecule has 0 unspecified atom stereocenters. The van der Waals surface area contributed by atoms with Gasteiger partial charge in [0.2, 0.25) is 0 Å². The highest BCUT2D eigenvalue weighted by molar-refractivity contribution is 8.08. The minimum absolute atomic E-state index is 0.191. The van der Waals surface area contributed by atoms with Crippen LogP contribution in [0.4, 0.5) is 0 Å². The summed E-state index contributed by atoms with van der Waals surface area (Å²) in [6, 6.07) is 8.30. The molecule has 1 aliphatic heterocycles. The molecule has 1 aromatic rings. The van der Waals surface area contributed by atoms with Gasteiger partial charge in [-0.3, -0.25) is 14.5 Å². The quantitative estimate of drug-likeness (QED) is 0.610. The van der Waals surface area contributed by atoms with E-state index in [1.165, 1.54) is 33.1 Å². The Morgan fingerprint density at radius 2 is 1.79 bits per heavy atom. The molecule has 2 aliphatic rings. The summed E-state index contributed by atoms with van der Waals surface area (Å²) in [5.74, 6) is 0.531. The highest BCUT2D eigenvalue weighted by Crippen LogP contribution is 2.40. The number of imide groups is 1. The lowest BCUT2D eigenvalue weighted by atomic mass is 9.98. The van der Waals surface area contributed by atoms with Gasteiger partial charge in [0, 0.05) is 23.6 Å². The lowest BCUT2D eigenvalue weighted by Crippen LogP contribution is -2.31. The van der Waals surface area contributed by atoms with Crippen molar-refractivity contribution in [3.05, 3.63) is 47.5 Å². The highest BCUT2D eigenvalue weighted by Gasteiger charge is 2.22. The molecule has 0 fully saturated rings. The number of hydrogen-bond donors (Lipinski definition) is 0. The molecule has 0 atom stereocenters. The summed E-state index contributed by atoms with van der Waals surface area (Å²) < 4.78 is 0. The zero-order valence-electron chi connectivity index (χ0n) is 10.3. The molecule has 0 N–H and O–H groups in total. The van der Waals surface area contributed by atoms with Crippen molar-refractivity contribution in [2.45, 2.75) is 6.42 Å². The number of thioether (sulfide) groups is 1. The first-order chi connectivity index (χ1) is 9.25. The van der Waals surface area contributed by atoms with Gasteiger partial charge in [-0.05, 0) is 29.4 Å². The van der Waals surface area contributed by atoms with Crippen molar-refractivity contribution in [2.75, 3.05) is 12.3 Å². The van der Waals surface area contributed by atoms with Crippen LogP contribution in [0.5, 0.6) is 0 Å². The lowest BCUT2D eigenvalue weighted by Gasteiger charge is -2.19. The van der Waals surface area contributed by atoms with E-state index in [9.17, 15) is 9.59 Å². The van der Waals surface area contributed by atoms with Gasteiger partial charge in [-0.2, -0.15) is 0 Å². The molecule has 19 heavy (non-hydrogen) atoms. The second kappa shape index (κ2) is 5.05. The van der Waals surface area contributed by atoms with Crippen molar-refractivity contribution >= 4 is 34.6 Å². The van der Waals surface area contributed by atoms with E-state index in [0.717, 1.165) is 12.2 Å². The number of fused-ring (bicyclic) bond motifs is 1. The van der Waals surface area contributed by atoms with E-state index in [0.29, 0.717) is 6.54 Å². The van der Waals surface area contributed by atoms with Crippen molar-refractivity contribution in [1.82, 2.24) is 4.90 Å². The van der Waals surface area contributed by atoms with E-state index in [1.807, 2.05) is 12.1 Å². The summed E-state index contributed by atoms with van der Waals surface area (Å²) in [4.78, 5) is 25.3. The first-order valence-electron chi connectivity index (χ1n) is 6.23. The Kier molecular flexibility index (Phi) is 3.25. The summed E-state index contributed by atoms with van der Waals surface area (Å²) in [6.07, 6.45) is 5.66. The van der Waals surface area contributed by atoms with Crippen LogP contribution >= 0.6 is 11.8 Å². The average Bonchev–Trinajstić information content (AvgIpc) is 2.70. The van der Waals surface area contributed by atoms with Gasteiger partial charge in [0.15, 0.2) is 0 Å². The second-order valence-corrected chi connectivity index (χ2v) is 5.60. The number of rotatable bonds is 5. The number of benzene rings is 1. The van der Waals surface area contributed by atoms with Crippen molar-refractivity contribution < 1.29 is 9.59 Å². The van der Waals surface area contributed by atoms with Gasteiger partial charge in [-0.25, -0.2) is 0 Å². The van der Waals surface area contributed by atoms with E-state index >= 15 is 0 Å². The van der Waals surface area contributed by atoms with Crippen molar-refractivity contribution in [1.29, 1.82) is 0 Å². The molecule has 0 spiro atoms. The fourth-order valence-corrected chi connectivity index (χ4v) is 3.21. The predicted molar refractivity (Wildman–Crippen MR) is 77.2 cm³/mol. The largest absolute Gasteiger partial charge is 0.275 e. The number of amides is 2. The predicted octanol–water partition coefficient (Wildman–Crippen LogP) is 2.55. The third-order valence-electron chi connectivity index (χ3n) is 3.20. The molecule has 3 rings (SSSR count). The Balaban J connectivity index is 1.44. The molecule has 2 amide bonds. The highest BCUT2D eigenvalue weighted by atomic mass is 32.2.